The summed E-state index contributed by atoms with van der Waals surface area (Å²) in [5.74, 6) is 0.847. The molecule has 1 N–H and O–H groups in total. The number of aromatic nitrogens is 3. The van der Waals surface area contributed by atoms with Gasteiger partial charge in [0.1, 0.15) is 0 Å². The van der Waals surface area contributed by atoms with Crippen molar-refractivity contribution in [1.82, 2.24) is 20.1 Å². The van der Waals surface area contributed by atoms with Crippen molar-refractivity contribution in [2.75, 3.05) is 6.54 Å². The van der Waals surface area contributed by atoms with Crippen LogP contribution in [0.1, 0.15) is 12.5 Å². The van der Waals surface area contributed by atoms with Crippen LogP contribution < -0.4 is 5.32 Å². The van der Waals surface area contributed by atoms with E-state index in [1.54, 1.807) is 10.9 Å². The molecule has 78 valence electrons. The molecule has 0 aliphatic heterocycles. The second-order valence-electron chi connectivity index (χ2n) is 3.26. The van der Waals surface area contributed by atoms with Crippen molar-refractivity contribution in [3.63, 3.8) is 0 Å². The molecule has 0 radical (unpaired) electrons. The molecule has 0 unspecified atom stereocenters. The lowest BCUT2D eigenvalue weighted by Gasteiger charge is -1.98. The molecule has 2 aromatic heterocycles. The summed E-state index contributed by atoms with van der Waals surface area (Å²) in [5, 5.41) is 7.51. The van der Waals surface area contributed by atoms with Crippen molar-refractivity contribution >= 4 is 0 Å². The molecule has 0 saturated carbocycles. The molecule has 0 saturated heterocycles. The Morgan fingerprint density at radius 1 is 1.40 bits per heavy atom. The molecule has 0 fully saturated rings. The van der Waals surface area contributed by atoms with Crippen LogP contribution in [0.5, 0.6) is 0 Å². The molecule has 0 bridgehead atoms. The van der Waals surface area contributed by atoms with E-state index in [4.69, 9.17) is 0 Å². The van der Waals surface area contributed by atoms with E-state index >= 15 is 0 Å². The number of pyridine rings is 1. The van der Waals surface area contributed by atoms with Gasteiger partial charge in [0.2, 0.25) is 0 Å². The molecule has 0 spiro atoms. The largest absolute Gasteiger partial charge is 0.313 e. The highest BCUT2D eigenvalue weighted by atomic mass is 15.3. The fourth-order valence-electron chi connectivity index (χ4n) is 1.34. The third-order valence-electron chi connectivity index (χ3n) is 2.10. The van der Waals surface area contributed by atoms with Crippen LogP contribution >= 0.6 is 0 Å². The van der Waals surface area contributed by atoms with E-state index < -0.39 is 0 Å². The molecule has 0 amide bonds. The van der Waals surface area contributed by atoms with Gasteiger partial charge in [-0.3, -0.25) is 0 Å². The lowest BCUT2D eigenvalue weighted by Crippen LogP contribution is -2.10. The van der Waals surface area contributed by atoms with Gasteiger partial charge in [-0.1, -0.05) is 13.0 Å². The number of hydrogen-bond donors (Lipinski definition) is 1. The first-order valence-corrected chi connectivity index (χ1v) is 5.06. The zero-order valence-electron chi connectivity index (χ0n) is 8.72. The van der Waals surface area contributed by atoms with Gasteiger partial charge in [-0.15, -0.1) is 0 Å². The quantitative estimate of drug-likeness (QED) is 0.814. The average Bonchev–Trinajstić information content (AvgIpc) is 2.76. The van der Waals surface area contributed by atoms with Gasteiger partial charge >= 0.3 is 0 Å². The molecular weight excluding hydrogens is 188 g/mol. The molecule has 0 aliphatic carbocycles. The Hall–Kier alpha value is -1.68. The van der Waals surface area contributed by atoms with Crippen LogP contribution in [0, 0.1) is 0 Å². The maximum Gasteiger partial charge on any atom is 0.153 e. The van der Waals surface area contributed by atoms with Gasteiger partial charge < -0.3 is 5.32 Å². The second-order valence-corrected chi connectivity index (χ2v) is 3.26. The topological polar surface area (TPSA) is 42.7 Å². The molecular formula is C11H14N4. The normalized spacial score (nSPS) is 10.5. The zero-order valence-corrected chi connectivity index (χ0v) is 8.72. The molecule has 0 atom stereocenters. The van der Waals surface area contributed by atoms with Crippen LogP contribution in [0.25, 0.3) is 5.82 Å². The van der Waals surface area contributed by atoms with Crippen LogP contribution in [-0.2, 0) is 6.54 Å². The van der Waals surface area contributed by atoms with E-state index in [1.165, 1.54) is 5.56 Å². The standard InChI is InChI=1S/C11H14N4/c1-2-12-7-10-8-14-15(9-10)11-5-3-4-6-13-11/h3-6,8-9,12H,2,7H2,1H3. The summed E-state index contributed by atoms with van der Waals surface area (Å²) in [7, 11) is 0. The Labute approximate surface area is 89.0 Å². The van der Waals surface area contributed by atoms with Gasteiger partial charge in [-0.05, 0) is 18.7 Å². The van der Waals surface area contributed by atoms with Gasteiger partial charge in [-0.2, -0.15) is 5.10 Å². The lowest BCUT2D eigenvalue weighted by atomic mass is 10.3. The lowest BCUT2D eigenvalue weighted by molar-refractivity contribution is 0.726. The highest BCUT2D eigenvalue weighted by Crippen LogP contribution is 2.04. The fraction of sp³-hybridized carbons (Fsp3) is 0.273. The van der Waals surface area contributed by atoms with Crippen LogP contribution in [0.15, 0.2) is 36.8 Å². The van der Waals surface area contributed by atoms with Crippen LogP contribution in [0.2, 0.25) is 0 Å². The number of nitrogens with zero attached hydrogens (tertiary/aromatic N) is 3. The second kappa shape index (κ2) is 4.70. The molecule has 4 nitrogen and oxygen atoms in total. The Balaban J connectivity index is 2.14. The summed E-state index contributed by atoms with van der Waals surface area (Å²) in [6, 6.07) is 5.78. The summed E-state index contributed by atoms with van der Waals surface area (Å²) in [5.41, 5.74) is 1.17. The molecule has 2 heterocycles. The van der Waals surface area contributed by atoms with Gasteiger partial charge in [0.25, 0.3) is 0 Å². The highest BCUT2D eigenvalue weighted by molar-refractivity contribution is 5.21. The highest BCUT2D eigenvalue weighted by Gasteiger charge is 2.00. The Morgan fingerprint density at radius 2 is 2.33 bits per heavy atom. The van der Waals surface area contributed by atoms with E-state index in [0.717, 1.165) is 18.9 Å². The summed E-state index contributed by atoms with van der Waals surface area (Å²) in [4.78, 5) is 4.22. The summed E-state index contributed by atoms with van der Waals surface area (Å²) >= 11 is 0. The minimum Gasteiger partial charge on any atom is -0.313 e. The Morgan fingerprint density at radius 3 is 3.07 bits per heavy atom. The first-order valence-electron chi connectivity index (χ1n) is 5.06. The van der Waals surface area contributed by atoms with Crippen molar-refractivity contribution in [3.05, 3.63) is 42.4 Å². The molecule has 2 rings (SSSR count). The molecule has 15 heavy (non-hydrogen) atoms. The minimum atomic E-state index is 0.847. The van der Waals surface area contributed by atoms with Gasteiger partial charge in [0, 0.05) is 24.5 Å². The zero-order chi connectivity index (χ0) is 10.5. The maximum atomic E-state index is 4.25. The van der Waals surface area contributed by atoms with Crippen molar-refractivity contribution in [1.29, 1.82) is 0 Å². The van der Waals surface area contributed by atoms with E-state index in [2.05, 4.69) is 22.3 Å². The van der Waals surface area contributed by atoms with Crippen LogP contribution in [-0.4, -0.2) is 21.3 Å². The third-order valence-corrected chi connectivity index (χ3v) is 2.10. The third kappa shape index (κ3) is 2.41. The SMILES string of the molecule is CCNCc1cnn(-c2ccccn2)c1. The number of rotatable bonds is 4. The average molecular weight is 202 g/mol. The van der Waals surface area contributed by atoms with Crippen LogP contribution in [0.3, 0.4) is 0 Å². The predicted molar refractivity (Wildman–Crippen MR) is 58.7 cm³/mol. The fourth-order valence-corrected chi connectivity index (χ4v) is 1.34. The smallest absolute Gasteiger partial charge is 0.153 e. The van der Waals surface area contributed by atoms with Crippen molar-refractivity contribution in [3.8, 4) is 5.82 Å². The molecule has 2 aromatic rings. The molecule has 0 aliphatic rings. The Kier molecular flexibility index (Phi) is 3.09. The van der Waals surface area contributed by atoms with E-state index in [9.17, 15) is 0 Å². The minimum absolute atomic E-state index is 0.847. The number of hydrogen-bond acceptors (Lipinski definition) is 3. The Bertz CT molecular complexity index is 408. The summed E-state index contributed by atoms with van der Waals surface area (Å²) in [6.45, 7) is 3.90. The van der Waals surface area contributed by atoms with E-state index in [0.29, 0.717) is 0 Å². The first kappa shape index (κ1) is 9.86. The molecule has 4 heteroatoms. The van der Waals surface area contributed by atoms with Gasteiger partial charge in [-0.25, -0.2) is 9.67 Å². The summed E-state index contributed by atoms with van der Waals surface area (Å²) in [6.07, 6.45) is 5.61. The monoisotopic (exact) mass is 202 g/mol. The number of nitrogens with one attached hydrogen (secondary N) is 1. The van der Waals surface area contributed by atoms with Crippen molar-refractivity contribution in [2.45, 2.75) is 13.5 Å². The summed E-state index contributed by atoms with van der Waals surface area (Å²) < 4.78 is 1.78. The van der Waals surface area contributed by atoms with E-state index in [1.807, 2.05) is 30.6 Å². The maximum absolute atomic E-state index is 4.25. The molecule has 0 aromatic carbocycles. The van der Waals surface area contributed by atoms with E-state index in [-0.39, 0.29) is 0 Å². The first-order chi connectivity index (χ1) is 7.40. The van der Waals surface area contributed by atoms with Crippen LogP contribution in [0.4, 0.5) is 0 Å². The van der Waals surface area contributed by atoms with Gasteiger partial charge in [0.15, 0.2) is 5.82 Å². The van der Waals surface area contributed by atoms with Crippen molar-refractivity contribution in [2.24, 2.45) is 0 Å². The van der Waals surface area contributed by atoms with Gasteiger partial charge in [0.05, 0.1) is 6.20 Å². The van der Waals surface area contributed by atoms with Crippen molar-refractivity contribution < 1.29 is 0 Å². The predicted octanol–water partition coefficient (Wildman–Crippen LogP) is 1.38.